The number of aromatic nitrogens is 2. The average Bonchev–Trinajstić information content (AvgIpc) is 3.00. The molecule has 0 amide bonds. The van der Waals surface area contributed by atoms with E-state index >= 15 is 0 Å². The van der Waals surface area contributed by atoms with E-state index < -0.39 is 0 Å². The maximum atomic E-state index is 6.34. The van der Waals surface area contributed by atoms with E-state index in [0.29, 0.717) is 5.82 Å². The van der Waals surface area contributed by atoms with Crippen molar-refractivity contribution in [3.05, 3.63) is 51.7 Å². The van der Waals surface area contributed by atoms with Gasteiger partial charge in [-0.15, -0.1) is 11.3 Å². The highest BCUT2D eigenvalue weighted by Crippen LogP contribution is 2.37. The molecule has 25 heavy (non-hydrogen) atoms. The quantitative estimate of drug-likeness (QED) is 0.765. The van der Waals surface area contributed by atoms with Crippen molar-refractivity contribution < 1.29 is 0 Å². The van der Waals surface area contributed by atoms with Crippen molar-refractivity contribution in [2.45, 2.75) is 45.2 Å². The van der Waals surface area contributed by atoms with E-state index in [1.807, 2.05) is 11.3 Å². The van der Waals surface area contributed by atoms with Crippen LogP contribution in [-0.4, -0.2) is 21.4 Å². The molecule has 1 aliphatic carbocycles. The van der Waals surface area contributed by atoms with Crippen LogP contribution < -0.4 is 5.73 Å². The van der Waals surface area contributed by atoms with Crippen LogP contribution in [0.4, 0.5) is 5.82 Å². The number of hydrogen-bond acceptors (Lipinski definition) is 5. The van der Waals surface area contributed by atoms with Gasteiger partial charge in [-0.25, -0.2) is 9.97 Å². The molecule has 1 aliphatic heterocycles. The number of nitrogen functional groups attached to an aromatic ring is 1. The van der Waals surface area contributed by atoms with Crippen molar-refractivity contribution in [3.63, 3.8) is 0 Å². The zero-order chi connectivity index (χ0) is 16.8. The molecule has 2 N–H and O–H groups in total. The first kappa shape index (κ1) is 15.3. The first-order valence-electron chi connectivity index (χ1n) is 9.14. The molecule has 0 bridgehead atoms. The van der Waals surface area contributed by atoms with Crippen molar-refractivity contribution in [1.82, 2.24) is 14.9 Å². The smallest absolute Gasteiger partial charge is 0.146 e. The molecule has 1 aromatic carbocycles. The Kier molecular flexibility index (Phi) is 3.71. The van der Waals surface area contributed by atoms with Gasteiger partial charge in [0.2, 0.25) is 0 Å². The van der Waals surface area contributed by atoms with Gasteiger partial charge in [0.1, 0.15) is 16.5 Å². The van der Waals surface area contributed by atoms with Crippen LogP contribution in [0.5, 0.6) is 0 Å². The van der Waals surface area contributed by atoms with E-state index in [1.54, 1.807) is 0 Å². The standard InChI is InChI=1S/C20H22N4S/c21-19-18-15-7-3-4-8-16(15)25-20(18)23-17(22-19)12-24-10-9-13-5-1-2-6-14(13)11-24/h1-2,5-6H,3-4,7-12H2,(H2,21,22,23). The Balaban J connectivity index is 1.44. The molecule has 3 heterocycles. The van der Waals surface area contributed by atoms with Crippen molar-refractivity contribution in [1.29, 1.82) is 0 Å². The lowest BCUT2D eigenvalue weighted by Crippen LogP contribution is -2.30. The van der Waals surface area contributed by atoms with Gasteiger partial charge in [0.15, 0.2) is 0 Å². The van der Waals surface area contributed by atoms with Crippen molar-refractivity contribution in [3.8, 4) is 0 Å². The van der Waals surface area contributed by atoms with Gasteiger partial charge in [-0.05, 0) is 48.8 Å². The summed E-state index contributed by atoms with van der Waals surface area (Å²) in [5.74, 6) is 1.54. The largest absolute Gasteiger partial charge is 0.383 e. The maximum absolute atomic E-state index is 6.34. The van der Waals surface area contributed by atoms with Crippen molar-refractivity contribution in [2.24, 2.45) is 0 Å². The summed E-state index contributed by atoms with van der Waals surface area (Å²) in [6.45, 7) is 2.80. The lowest BCUT2D eigenvalue weighted by atomic mass is 9.97. The summed E-state index contributed by atoms with van der Waals surface area (Å²) in [6.07, 6.45) is 5.95. The van der Waals surface area contributed by atoms with Crippen LogP contribution in [0.3, 0.4) is 0 Å². The molecule has 0 saturated carbocycles. The zero-order valence-electron chi connectivity index (χ0n) is 14.3. The topological polar surface area (TPSA) is 55.0 Å². The third kappa shape index (κ3) is 2.71. The summed E-state index contributed by atoms with van der Waals surface area (Å²) < 4.78 is 0. The number of nitrogens with two attached hydrogens (primary N) is 1. The van der Waals surface area contributed by atoms with Crippen LogP contribution in [0.25, 0.3) is 10.2 Å². The van der Waals surface area contributed by atoms with Gasteiger partial charge in [-0.2, -0.15) is 0 Å². The van der Waals surface area contributed by atoms with E-state index in [9.17, 15) is 0 Å². The second-order valence-electron chi connectivity index (χ2n) is 7.15. The summed E-state index contributed by atoms with van der Waals surface area (Å²) in [4.78, 5) is 14.5. The fourth-order valence-electron chi connectivity index (χ4n) is 4.19. The molecule has 128 valence electrons. The Bertz CT molecular complexity index is 946. The molecule has 0 atom stereocenters. The summed E-state index contributed by atoms with van der Waals surface area (Å²) in [7, 11) is 0. The predicted octanol–water partition coefficient (Wildman–Crippen LogP) is 3.71. The van der Waals surface area contributed by atoms with E-state index in [1.165, 1.54) is 40.8 Å². The zero-order valence-corrected chi connectivity index (χ0v) is 15.1. The Morgan fingerprint density at radius 3 is 2.80 bits per heavy atom. The average molecular weight is 350 g/mol. The van der Waals surface area contributed by atoms with Gasteiger partial charge in [-0.3, -0.25) is 4.90 Å². The van der Waals surface area contributed by atoms with Gasteiger partial charge >= 0.3 is 0 Å². The van der Waals surface area contributed by atoms with E-state index in [4.69, 9.17) is 10.7 Å². The monoisotopic (exact) mass is 350 g/mol. The molecular formula is C20H22N4S. The number of fused-ring (bicyclic) bond motifs is 4. The van der Waals surface area contributed by atoms with Gasteiger partial charge in [-0.1, -0.05) is 24.3 Å². The van der Waals surface area contributed by atoms with Crippen LogP contribution in [0, 0.1) is 0 Å². The second-order valence-corrected chi connectivity index (χ2v) is 8.23. The minimum atomic E-state index is 0.678. The molecule has 0 spiro atoms. The second kappa shape index (κ2) is 6.07. The number of anilines is 1. The van der Waals surface area contributed by atoms with Gasteiger partial charge in [0.25, 0.3) is 0 Å². The lowest BCUT2D eigenvalue weighted by Gasteiger charge is -2.28. The summed E-state index contributed by atoms with van der Waals surface area (Å²) in [5, 5.41) is 1.13. The lowest BCUT2D eigenvalue weighted by molar-refractivity contribution is 0.240. The summed E-state index contributed by atoms with van der Waals surface area (Å²) in [5.41, 5.74) is 10.7. The number of rotatable bonds is 2. The predicted molar refractivity (Wildman–Crippen MR) is 103 cm³/mol. The molecule has 4 nitrogen and oxygen atoms in total. The minimum Gasteiger partial charge on any atom is -0.383 e. The third-order valence-electron chi connectivity index (χ3n) is 5.46. The molecule has 0 fully saturated rings. The van der Waals surface area contributed by atoms with Gasteiger partial charge in [0, 0.05) is 18.0 Å². The SMILES string of the molecule is Nc1nc(CN2CCc3ccccc3C2)nc2sc3c(c12)CCCC3. The maximum Gasteiger partial charge on any atom is 0.146 e. The summed E-state index contributed by atoms with van der Waals surface area (Å²) >= 11 is 1.83. The van der Waals surface area contributed by atoms with E-state index in [-0.39, 0.29) is 0 Å². The minimum absolute atomic E-state index is 0.678. The molecule has 5 rings (SSSR count). The Morgan fingerprint density at radius 1 is 1.04 bits per heavy atom. The Hall–Kier alpha value is -1.98. The number of aryl methyl sites for hydroxylation is 2. The molecule has 2 aliphatic rings. The number of benzene rings is 1. The fraction of sp³-hybridized carbons (Fsp3) is 0.400. The highest BCUT2D eigenvalue weighted by Gasteiger charge is 2.21. The van der Waals surface area contributed by atoms with Gasteiger partial charge < -0.3 is 5.73 Å². The molecular weight excluding hydrogens is 328 g/mol. The number of nitrogens with zero attached hydrogens (tertiary/aromatic N) is 3. The molecule has 0 radical (unpaired) electrons. The third-order valence-corrected chi connectivity index (χ3v) is 6.65. The first-order valence-corrected chi connectivity index (χ1v) is 9.95. The number of hydrogen-bond donors (Lipinski definition) is 1. The molecule has 0 unspecified atom stereocenters. The number of thiophene rings is 1. The Morgan fingerprint density at radius 2 is 1.88 bits per heavy atom. The van der Waals surface area contributed by atoms with Crippen molar-refractivity contribution in [2.75, 3.05) is 12.3 Å². The highest BCUT2D eigenvalue weighted by atomic mass is 32.1. The first-order chi connectivity index (χ1) is 12.3. The molecule has 3 aromatic rings. The van der Waals surface area contributed by atoms with Crippen LogP contribution in [-0.2, 0) is 32.4 Å². The van der Waals surface area contributed by atoms with Crippen LogP contribution in [0.2, 0.25) is 0 Å². The Labute approximate surface area is 151 Å². The molecule has 0 saturated heterocycles. The van der Waals surface area contributed by atoms with Gasteiger partial charge in [0.05, 0.1) is 11.9 Å². The van der Waals surface area contributed by atoms with Crippen LogP contribution in [0.1, 0.15) is 40.2 Å². The molecule has 2 aromatic heterocycles. The highest BCUT2D eigenvalue weighted by molar-refractivity contribution is 7.19. The fourth-order valence-corrected chi connectivity index (χ4v) is 5.48. The molecule has 5 heteroatoms. The van der Waals surface area contributed by atoms with Crippen molar-refractivity contribution >= 4 is 27.4 Å². The summed E-state index contributed by atoms with van der Waals surface area (Å²) in [6, 6.07) is 8.72. The van der Waals surface area contributed by atoms with E-state index in [0.717, 1.165) is 48.5 Å². The normalized spacial score (nSPS) is 17.4. The van der Waals surface area contributed by atoms with Crippen LogP contribution >= 0.6 is 11.3 Å². The van der Waals surface area contributed by atoms with Crippen LogP contribution in [0.15, 0.2) is 24.3 Å². The van der Waals surface area contributed by atoms with E-state index in [2.05, 4.69) is 34.1 Å².